The van der Waals surface area contributed by atoms with Crippen molar-refractivity contribution in [3.05, 3.63) is 40.3 Å². The number of amides is 1. The molecule has 0 radical (unpaired) electrons. The molecular formula is C19H21Cl2N5O3S. The van der Waals surface area contributed by atoms with Crippen LogP contribution in [0.2, 0.25) is 10.0 Å². The van der Waals surface area contributed by atoms with E-state index in [1.165, 1.54) is 7.05 Å². The Bertz CT molecular complexity index is 1200. The maximum atomic E-state index is 12.4. The molecule has 3 heterocycles. The average molecular weight is 470 g/mol. The van der Waals surface area contributed by atoms with E-state index in [1.54, 1.807) is 12.3 Å². The van der Waals surface area contributed by atoms with Gasteiger partial charge >= 0.3 is 0 Å². The minimum atomic E-state index is -3.60. The standard InChI is InChI=1S/C19H21Cl2N5O3S/c1-22-16(27)6-7-30(28,29)25-12-2-5-15-17(11-8-23-24-9-11)13-3-4-14(20)18(21)19(13)26(15)10-12/h3-4,8-9,12,25H,2,5-7,10H2,1H3,(H,22,27)(H,23,24). The molecule has 11 heteroatoms. The largest absolute Gasteiger partial charge is 0.359 e. The fourth-order valence-electron chi connectivity index (χ4n) is 3.99. The summed E-state index contributed by atoms with van der Waals surface area (Å²) in [6, 6.07) is 3.38. The quantitative estimate of drug-likeness (QED) is 0.515. The molecule has 1 aliphatic rings. The molecule has 3 aromatic rings. The van der Waals surface area contributed by atoms with Gasteiger partial charge < -0.3 is 9.88 Å². The summed E-state index contributed by atoms with van der Waals surface area (Å²) in [5.41, 5.74) is 3.82. The lowest BCUT2D eigenvalue weighted by Crippen LogP contribution is -2.42. The van der Waals surface area contributed by atoms with Crippen LogP contribution in [0.3, 0.4) is 0 Å². The number of H-pyrrole nitrogens is 1. The van der Waals surface area contributed by atoms with Crippen molar-refractivity contribution in [2.75, 3.05) is 12.8 Å². The topological polar surface area (TPSA) is 109 Å². The second kappa shape index (κ2) is 8.22. The monoisotopic (exact) mass is 469 g/mol. The van der Waals surface area contributed by atoms with Crippen molar-refractivity contribution in [1.29, 1.82) is 0 Å². The van der Waals surface area contributed by atoms with Gasteiger partial charge in [-0.25, -0.2) is 13.1 Å². The first-order chi connectivity index (χ1) is 14.3. The van der Waals surface area contributed by atoms with Crippen molar-refractivity contribution in [2.45, 2.75) is 31.8 Å². The van der Waals surface area contributed by atoms with Crippen molar-refractivity contribution in [1.82, 2.24) is 24.8 Å². The number of benzene rings is 1. The lowest BCUT2D eigenvalue weighted by Gasteiger charge is -2.27. The molecular weight excluding hydrogens is 449 g/mol. The van der Waals surface area contributed by atoms with E-state index in [0.29, 0.717) is 29.4 Å². The molecule has 0 aliphatic carbocycles. The van der Waals surface area contributed by atoms with E-state index in [-0.39, 0.29) is 24.1 Å². The van der Waals surface area contributed by atoms with Gasteiger partial charge in [-0.1, -0.05) is 29.3 Å². The van der Waals surface area contributed by atoms with Crippen molar-refractivity contribution in [3.63, 3.8) is 0 Å². The summed E-state index contributed by atoms with van der Waals surface area (Å²) in [6.07, 6.45) is 4.79. The number of hydrogen-bond acceptors (Lipinski definition) is 4. The molecule has 8 nitrogen and oxygen atoms in total. The summed E-state index contributed by atoms with van der Waals surface area (Å²) in [5.74, 6) is -0.566. The predicted octanol–water partition coefficient (Wildman–Crippen LogP) is 2.71. The number of fused-ring (bicyclic) bond motifs is 3. The maximum Gasteiger partial charge on any atom is 0.220 e. The number of carbonyl (C=O) groups is 1. The molecule has 1 unspecified atom stereocenters. The molecule has 2 aromatic heterocycles. The number of halogens is 2. The smallest absolute Gasteiger partial charge is 0.220 e. The molecule has 1 aliphatic heterocycles. The van der Waals surface area contributed by atoms with E-state index >= 15 is 0 Å². The molecule has 0 fully saturated rings. The van der Waals surface area contributed by atoms with E-state index in [0.717, 1.165) is 27.7 Å². The van der Waals surface area contributed by atoms with Gasteiger partial charge in [0.05, 0.1) is 27.5 Å². The second-order valence-corrected chi connectivity index (χ2v) is 9.93. The van der Waals surface area contributed by atoms with Crippen LogP contribution in [0.5, 0.6) is 0 Å². The van der Waals surface area contributed by atoms with Crippen molar-refractivity contribution in [2.24, 2.45) is 0 Å². The predicted molar refractivity (Wildman–Crippen MR) is 117 cm³/mol. The Morgan fingerprint density at radius 2 is 2.17 bits per heavy atom. The summed E-state index contributed by atoms with van der Waals surface area (Å²) in [6.45, 7) is 0.420. The van der Waals surface area contributed by atoms with Crippen LogP contribution in [0.1, 0.15) is 18.5 Å². The highest BCUT2D eigenvalue weighted by atomic mass is 35.5. The number of sulfonamides is 1. The SMILES string of the molecule is CNC(=O)CCS(=O)(=O)NC1CCc2c(-c3cn[nH]c3)c3ccc(Cl)c(Cl)c3n2C1. The summed E-state index contributed by atoms with van der Waals surface area (Å²) in [7, 11) is -2.11. The molecule has 0 spiro atoms. The molecule has 3 N–H and O–H groups in total. The first-order valence-electron chi connectivity index (χ1n) is 9.49. The van der Waals surface area contributed by atoms with Gasteiger partial charge in [0.2, 0.25) is 15.9 Å². The van der Waals surface area contributed by atoms with Gasteiger partial charge in [-0.3, -0.25) is 9.89 Å². The highest BCUT2D eigenvalue weighted by Gasteiger charge is 2.29. The summed E-state index contributed by atoms with van der Waals surface area (Å²) in [5, 5.41) is 11.2. The zero-order valence-electron chi connectivity index (χ0n) is 16.2. The molecule has 1 aromatic carbocycles. The van der Waals surface area contributed by atoms with Crippen LogP contribution in [0.25, 0.3) is 22.0 Å². The number of hydrogen-bond donors (Lipinski definition) is 3. The van der Waals surface area contributed by atoms with E-state index < -0.39 is 10.0 Å². The molecule has 1 atom stereocenters. The van der Waals surface area contributed by atoms with Gasteiger partial charge in [0.15, 0.2) is 0 Å². The second-order valence-electron chi connectivity index (χ2n) is 7.27. The van der Waals surface area contributed by atoms with Gasteiger partial charge in [-0.05, 0) is 18.9 Å². The van der Waals surface area contributed by atoms with Gasteiger partial charge in [0.1, 0.15) is 0 Å². The van der Waals surface area contributed by atoms with Crippen LogP contribution in [0.4, 0.5) is 0 Å². The van der Waals surface area contributed by atoms with Gasteiger partial charge in [0, 0.05) is 54.5 Å². The molecule has 0 saturated carbocycles. The molecule has 4 rings (SSSR count). The van der Waals surface area contributed by atoms with Crippen molar-refractivity contribution in [3.8, 4) is 11.1 Å². The number of nitrogens with one attached hydrogen (secondary N) is 3. The lowest BCUT2D eigenvalue weighted by atomic mass is 9.99. The number of carbonyl (C=O) groups excluding carboxylic acids is 1. The van der Waals surface area contributed by atoms with Crippen molar-refractivity contribution >= 4 is 50.0 Å². The normalized spacial score (nSPS) is 16.6. The van der Waals surface area contributed by atoms with E-state index in [4.69, 9.17) is 23.2 Å². The molecule has 0 saturated heterocycles. The Kier molecular flexibility index (Phi) is 5.80. The van der Waals surface area contributed by atoms with Crippen LogP contribution in [-0.4, -0.2) is 47.9 Å². The minimum absolute atomic E-state index is 0.0810. The van der Waals surface area contributed by atoms with Crippen LogP contribution >= 0.6 is 23.2 Å². The van der Waals surface area contributed by atoms with Crippen LogP contribution in [-0.2, 0) is 27.8 Å². The third-order valence-corrected chi connectivity index (χ3v) is 7.59. The Balaban J connectivity index is 1.69. The van der Waals surface area contributed by atoms with E-state index in [2.05, 4.69) is 20.2 Å². The zero-order chi connectivity index (χ0) is 21.5. The minimum Gasteiger partial charge on any atom is -0.359 e. The Morgan fingerprint density at radius 1 is 1.37 bits per heavy atom. The fourth-order valence-corrected chi connectivity index (χ4v) is 5.68. The molecule has 30 heavy (non-hydrogen) atoms. The van der Waals surface area contributed by atoms with Gasteiger partial charge in [-0.15, -0.1) is 0 Å². The van der Waals surface area contributed by atoms with E-state index in [1.807, 2.05) is 16.8 Å². The summed E-state index contributed by atoms with van der Waals surface area (Å²) < 4.78 is 29.7. The molecule has 1 amide bonds. The Morgan fingerprint density at radius 3 is 2.87 bits per heavy atom. The molecule has 0 bridgehead atoms. The Hall–Kier alpha value is -2.07. The van der Waals surface area contributed by atoms with E-state index in [9.17, 15) is 13.2 Å². The first kappa shape index (κ1) is 21.2. The van der Waals surface area contributed by atoms with Crippen LogP contribution in [0.15, 0.2) is 24.5 Å². The maximum absolute atomic E-state index is 12.4. The average Bonchev–Trinajstić information content (AvgIpc) is 3.34. The summed E-state index contributed by atoms with van der Waals surface area (Å²) >= 11 is 12.8. The number of aromatic amines is 1. The number of aromatic nitrogens is 3. The zero-order valence-corrected chi connectivity index (χ0v) is 18.5. The fraction of sp³-hybridized carbons (Fsp3) is 0.368. The highest BCUT2D eigenvalue weighted by molar-refractivity contribution is 7.89. The highest BCUT2D eigenvalue weighted by Crippen LogP contribution is 2.42. The van der Waals surface area contributed by atoms with Crippen LogP contribution in [0, 0.1) is 0 Å². The lowest BCUT2D eigenvalue weighted by molar-refractivity contribution is -0.120. The number of rotatable bonds is 6. The van der Waals surface area contributed by atoms with Crippen LogP contribution < -0.4 is 10.0 Å². The van der Waals surface area contributed by atoms with Crippen molar-refractivity contribution < 1.29 is 13.2 Å². The van der Waals surface area contributed by atoms with Gasteiger partial charge in [0.25, 0.3) is 0 Å². The number of nitrogens with zero attached hydrogens (tertiary/aromatic N) is 2. The Labute approximate surface area is 184 Å². The summed E-state index contributed by atoms with van der Waals surface area (Å²) in [4.78, 5) is 11.4. The third-order valence-electron chi connectivity index (χ3n) is 5.37. The third kappa shape index (κ3) is 3.94. The molecule has 160 valence electrons. The van der Waals surface area contributed by atoms with Gasteiger partial charge in [-0.2, -0.15) is 5.10 Å². The first-order valence-corrected chi connectivity index (χ1v) is 11.9.